The van der Waals surface area contributed by atoms with Crippen molar-refractivity contribution in [3.05, 3.63) is 52.8 Å². The van der Waals surface area contributed by atoms with Gasteiger partial charge in [0.25, 0.3) is 5.69 Å². The summed E-state index contributed by atoms with van der Waals surface area (Å²) in [7, 11) is 0. The van der Waals surface area contributed by atoms with Crippen molar-refractivity contribution in [3.63, 3.8) is 0 Å². The van der Waals surface area contributed by atoms with Crippen molar-refractivity contribution in [3.8, 4) is 0 Å². The second kappa shape index (κ2) is 6.77. The van der Waals surface area contributed by atoms with Crippen LogP contribution in [0.4, 0.5) is 17.3 Å². The molecule has 1 atom stereocenters. The molecule has 0 fully saturated rings. The summed E-state index contributed by atoms with van der Waals surface area (Å²) in [5.41, 5.74) is 10.1. The van der Waals surface area contributed by atoms with Crippen LogP contribution in [0, 0.1) is 13.5 Å². The SMILES string of the molecule is [C-]#[N+]c1c(N[C@@H](C)Cc2ccccn2)nc2c(CC)c(C)nn2c1N. The zero-order valence-corrected chi connectivity index (χ0v) is 14.6. The molecule has 0 aromatic carbocycles. The molecule has 0 aliphatic rings. The van der Waals surface area contributed by atoms with E-state index >= 15 is 0 Å². The monoisotopic (exact) mass is 335 g/mol. The topological polar surface area (TPSA) is 85.5 Å². The van der Waals surface area contributed by atoms with Crippen molar-refractivity contribution in [2.24, 2.45) is 0 Å². The van der Waals surface area contributed by atoms with E-state index in [2.05, 4.69) is 32.2 Å². The van der Waals surface area contributed by atoms with Gasteiger partial charge in [-0.15, -0.1) is 0 Å². The highest BCUT2D eigenvalue weighted by Gasteiger charge is 2.19. The lowest BCUT2D eigenvalue weighted by molar-refractivity contribution is 0.765. The van der Waals surface area contributed by atoms with Crippen molar-refractivity contribution >= 4 is 23.0 Å². The molecule has 0 saturated carbocycles. The van der Waals surface area contributed by atoms with E-state index in [9.17, 15) is 0 Å². The zero-order chi connectivity index (χ0) is 18.0. The maximum atomic E-state index is 7.48. The predicted molar refractivity (Wildman–Crippen MR) is 98.8 cm³/mol. The van der Waals surface area contributed by atoms with Gasteiger partial charge in [0.15, 0.2) is 5.65 Å². The minimum atomic E-state index is 0.0545. The highest BCUT2D eigenvalue weighted by Crippen LogP contribution is 2.33. The van der Waals surface area contributed by atoms with Crippen molar-refractivity contribution in [2.45, 2.75) is 39.7 Å². The Labute approximate surface area is 146 Å². The molecule has 3 aromatic rings. The Morgan fingerprint density at radius 1 is 1.40 bits per heavy atom. The van der Waals surface area contributed by atoms with Crippen LogP contribution in [-0.2, 0) is 12.8 Å². The Morgan fingerprint density at radius 3 is 2.84 bits per heavy atom. The normalized spacial score (nSPS) is 12.1. The molecule has 3 N–H and O–H groups in total. The molecule has 3 rings (SSSR count). The maximum absolute atomic E-state index is 7.48. The van der Waals surface area contributed by atoms with Gasteiger partial charge in [0.1, 0.15) is 11.6 Å². The van der Waals surface area contributed by atoms with E-state index in [1.807, 2.05) is 32.0 Å². The molecule has 3 heterocycles. The van der Waals surface area contributed by atoms with Gasteiger partial charge in [-0.2, -0.15) is 5.10 Å². The fraction of sp³-hybridized carbons (Fsp3) is 0.333. The highest BCUT2D eigenvalue weighted by molar-refractivity contribution is 5.80. The van der Waals surface area contributed by atoms with E-state index in [0.717, 1.165) is 29.8 Å². The molecule has 0 aliphatic carbocycles. The third-order valence-electron chi connectivity index (χ3n) is 4.16. The fourth-order valence-corrected chi connectivity index (χ4v) is 2.95. The van der Waals surface area contributed by atoms with Gasteiger partial charge in [-0.25, -0.2) is 14.3 Å². The van der Waals surface area contributed by atoms with Gasteiger partial charge in [-0.05, 0) is 32.4 Å². The molecule has 7 nitrogen and oxygen atoms in total. The Kier molecular flexibility index (Phi) is 4.52. The van der Waals surface area contributed by atoms with Crippen molar-refractivity contribution in [1.82, 2.24) is 19.6 Å². The van der Waals surface area contributed by atoms with Crippen LogP contribution in [0.15, 0.2) is 24.4 Å². The summed E-state index contributed by atoms with van der Waals surface area (Å²) >= 11 is 0. The van der Waals surface area contributed by atoms with Crippen LogP contribution in [0.1, 0.15) is 30.8 Å². The average molecular weight is 335 g/mol. The molecule has 0 amide bonds. The molecule has 0 spiro atoms. The molecule has 7 heteroatoms. The lowest BCUT2D eigenvalue weighted by atomic mass is 10.1. The summed E-state index contributed by atoms with van der Waals surface area (Å²) in [5, 5.41) is 7.75. The number of fused-ring (bicyclic) bond motifs is 1. The first-order valence-electron chi connectivity index (χ1n) is 8.26. The first kappa shape index (κ1) is 16.7. The molecule has 0 unspecified atom stereocenters. The highest BCUT2D eigenvalue weighted by atomic mass is 15.3. The summed E-state index contributed by atoms with van der Waals surface area (Å²) in [6, 6.07) is 5.89. The number of rotatable bonds is 5. The van der Waals surface area contributed by atoms with E-state index in [4.69, 9.17) is 12.3 Å². The third kappa shape index (κ3) is 3.11. The van der Waals surface area contributed by atoms with Gasteiger partial charge in [0.05, 0.1) is 12.3 Å². The van der Waals surface area contributed by atoms with Crippen LogP contribution in [0.3, 0.4) is 0 Å². The number of nitrogens with two attached hydrogens (primary N) is 1. The molecular weight excluding hydrogens is 314 g/mol. The van der Waals surface area contributed by atoms with Gasteiger partial charge in [-0.1, -0.05) is 13.0 Å². The fourth-order valence-electron chi connectivity index (χ4n) is 2.95. The average Bonchev–Trinajstić information content (AvgIpc) is 2.91. The van der Waals surface area contributed by atoms with Crippen molar-refractivity contribution < 1.29 is 0 Å². The number of nitrogens with zero attached hydrogens (tertiary/aromatic N) is 5. The van der Waals surface area contributed by atoms with Crippen LogP contribution in [0.25, 0.3) is 10.5 Å². The predicted octanol–water partition coefficient (Wildman–Crippen LogP) is 3.17. The van der Waals surface area contributed by atoms with E-state index in [0.29, 0.717) is 23.0 Å². The standard InChI is InChI=1S/C18H21N7/c1-5-14-12(3)24-25-16(19)15(20-4)17(23-18(14)25)22-11(2)10-13-8-6-7-9-21-13/h6-9,11H,5,10,19H2,1-3H3,(H,22,23)/t11-/m0/s1. The lowest BCUT2D eigenvalue weighted by Crippen LogP contribution is -2.20. The largest absolute Gasteiger partial charge is 0.392 e. The minimum Gasteiger partial charge on any atom is -0.392 e. The first-order chi connectivity index (χ1) is 12.0. The number of nitrogen functional groups attached to an aromatic ring is 1. The van der Waals surface area contributed by atoms with Gasteiger partial charge in [0, 0.05) is 29.9 Å². The number of aryl methyl sites for hydroxylation is 2. The summed E-state index contributed by atoms with van der Waals surface area (Å²) in [4.78, 5) is 12.6. The van der Waals surface area contributed by atoms with Crippen LogP contribution >= 0.6 is 0 Å². The summed E-state index contributed by atoms with van der Waals surface area (Å²) in [6.07, 6.45) is 3.31. The van der Waals surface area contributed by atoms with Gasteiger partial charge < -0.3 is 11.1 Å². The molecule has 0 radical (unpaired) electrons. The summed E-state index contributed by atoms with van der Waals surface area (Å²) in [6.45, 7) is 13.5. The van der Waals surface area contributed by atoms with Crippen LogP contribution in [0.5, 0.6) is 0 Å². The second-order valence-electron chi connectivity index (χ2n) is 6.03. The number of hydrogen-bond acceptors (Lipinski definition) is 5. The number of hydrogen-bond donors (Lipinski definition) is 2. The molecule has 3 aromatic heterocycles. The van der Waals surface area contributed by atoms with Crippen molar-refractivity contribution in [1.29, 1.82) is 0 Å². The summed E-state index contributed by atoms with van der Waals surface area (Å²) in [5.74, 6) is 0.813. The molecule has 128 valence electrons. The summed E-state index contributed by atoms with van der Waals surface area (Å²) < 4.78 is 1.57. The first-order valence-corrected chi connectivity index (χ1v) is 8.26. The Morgan fingerprint density at radius 2 is 2.20 bits per heavy atom. The zero-order valence-electron chi connectivity index (χ0n) is 14.6. The number of anilines is 2. The molecule has 0 bridgehead atoms. The molecule has 0 aliphatic heterocycles. The third-order valence-corrected chi connectivity index (χ3v) is 4.16. The van der Waals surface area contributed by atoms with Crippen LogP contribution in [-0.4, -0.2) is 25.6 Å². The molecule has 25 heavy (non-hydrogen) atoms. The van der Waals surface area contributed by atoms with Gasteiger partial charge in [0.2, 0.25) is 0 Å². The second-order valence-corrected chi connectivity index (χ2v) is 6.03. The Balaban J connectivity index is 1.99. The molecular formula is C18H21N7. The lowest BCUT2D eigenvalue weighted by Gasteiger charge is -2.16. The van der Waals surface area contributed by atoms with Gasteiger partial charge >= 0.3 is 0 Å². The van der Waals surface area contributed by atoms with E-state index in [-0.39, 0.29) is 6.04 Å². The Bertz CT molecular complexity index is 938. The minimum absolute atomic E-state index is 0.0545. The number of pyridine rings is 1. The van der Waals surface area contributed by atoms with E-state index in [1.165, 1.54) is 0 Å². The number of nitrogens with one attached hydrogen (secondary N) is 1. The van der Waals surface area contributed by atoms with Crippen molar-refractivity contribution in [2.75, 3.05) is 11.1 Å². The Hall–Kier alpha value is -3.14. The smallest absolute Gasteiger partial charge is 0.268 e. The van der Waals surface area contributed by atoms with Gasteiger partial charge in [-0.3, -0.25) is 4.98 Å². The number of aromatic nitrogens is 4. The molecule has 0 saturated heterocycles. The van der Waals surface area contributed by atoms with Crippen LogP contribution in [0.2, 0.25) is 0 Å². The maximum Gasteiger partial charge on any atom is 0.268 e. The van der Waals surface area contributed by atoms with E-state index in [1.54, 1.807) is 10.7 Å². The van der Waals surface area contributed by atoms with Crippen LogP contribution < -0.4 is 11.1 Å². The van der Waals surface area contributed by atoms with E-state index < -0.39 is 0 Å². The quantitative estimate of drug-likeness (QED) is 0.700.